The van der Waals surface area contributed by atoms with Gasteiger partial charge >= 0.3 is 0 Å². The number of hydrogen-bond donors (Lipinski definition) is 0. The number of hydrogen-bond acceptors (Lipinski definition) is 1. The van der Waals surface area contributed by atoms with E-state index in [2.05, 4.69) is 31.5 Å². The molecule has 4 heteroatoms. The fraction of sp³-hybridized carbons (Fsp3) is 0. The summed E-state index contributed by atoms with van der Waals surface area (Å²) in [4.78, 5) is 0. The van der Waals surface area contributed by atoms with Crippen LogP contribution in [-0.4, -0.2) is 26.2 Å². The summed E-state index contributed by atoms with van der Waals surface area (Å²) < 4.78 is 3.53. The van der Waals surface area contributed by atoms with Crippen molar-refractivity contribution >= 4 is 54.3 Å². The molecule has 1 nitrogen and oxygen atoms in total. The van der Waals surface area contributed by atoms with E-state index in [1.54, 1.807) is 0 Å². The fourth-order valence-corrected chi connectivity index (χ4v) is 0. The van der Waals surface area contributed by atoms with Gasteiger partial charge in [-0.15, -0.1) is 0 Å². The molecule has 0 aromatic heterocycles. The quantitative estimate of drug-likeness (QED) is 0.600. The molecule has 0 aliphatic rings. The SMILES string of the molecule is ClOBr.[Bi]. The van der Waals surface area contributed by atoms with E-state index >= 15 is 0 Å². The second-order valence-corrected chi connectivity index (χ2v) is 0.909. The summed E-state index contributed by atoms with van der Waals surface area (Å²) in [5.41, 5.74) is 0. The van der Waals surface area contributed by atoms with Gasteiger partial charge in [-0.1, -0.05) is 0 Å². The first-order valence-corrected chi connectivity index (χ1v) is 1.26. The van der Waals surface area contributed by atoms with Crippen molar-refractivity contribution in [2.45, 2.75) is 0 Å². The van der Waals surface area contributed by atoms with Gasteiger partial charge in [0.1, 0.15) is 16.3 Å². The van der Waals surface area contributed by atoms with Gasteiger partial charge in [0.05, 0.1) is 11.9 Å². The first-order valence-electron chi connectivity index (χ1n) is 0.309. The van der Waals surface area contributed by atoms with Crippen LogP contribution in [0.3, 0.4) is 0 Å². The number of halogens is 2. The average Bonchev–Trinajstić information content (AvgIpc) is 0.918. The summed E-state index contributed by atoms with van der Waals surface area (Å²) in [5, 5.41) is 0. The van der Waals surface area contributed by atoms with Crippen molar-refractivity contribution < 1.29 is 3.38 Å². The van der Waals surface area contributed by atoms with Crippen molar-refractivity contribution in [3.8, 4) is 0 Å². The minimum absolute atomic E-state index is 0. The molecule has 0 aliphatic heterocycles. The molecule has 0 aromatic rings. The minimum atomic E-state index is 0. The van der Waals surface area contributed by atoms with E-state index in [9.17, 15) is 0 Å². The summed E-state index contributed by atoms with van der Waals surface area (Å²) in [5.74, 6) is 0. The molecule has 0 saturated carbocycles. The van der Waals surface area contributed by atoms with E-state index in [0.717, 1.165) is 0 Å². The Hall–Kier alpha value is 1.61. The maximum atomic E-state index is 4.42. The zero-order valence-electron chi connectivity index (χ0n) is 1.61. The van der Waals surface area contributed by atoms with Crippen LogP contribution < -0.4 is 0 Å². The van der Waals surface area contributed by atoms with Crippen LogP contribution in [0, 0.1) is 0 Å². The maximum Gasteiger partial charge on any atom is 0.124 e. The standard InChI is InChI=1S/Bi.BrClO/c;1-3-2. The molecule has 0 heterocycles. The van der Waals surface area contributed by atoms with Crippen LogP contribution >= 0.6 is 28.1 Å². The summed E-state index contributed by atoms with van der Waals surface area (Å²) in [6.45, 7) is 0. The van der Waals surface area contributed by atoms with Crippen molar-refractivity contribution in [1.29, 1.82) is 0 Å². The summed E-state index contributed by atoms with van der Waals surface area (Å²) in [7, 11) is 0. The molecule has 0 N–H and O–H groups in total. The zero-order chi connectivity index (χ0) is 2.71. The zero-order valence-corrected chi connectivity index (χ0v) is 7.43. The molecular weight excluding hydrogens is 340 g/mol. The fourth-order valence-electron chi connectivity index (χ4n) is 0. The molecule has 0 bridgehead atoms. The molecule has 0 atom stereocenters. The Bertz CT molecular complexity index is 8.00. The van der Waals surface area contributed by atoms with Gasteiger partial charge in [0.15, 0.2) is 0 Å². The van der Waals surface area contributed by atoms with Gasteiger partial charge in [0.2, 0.25) is 0 Å². The average molecular weight is 340 g/mol. The molecule has 0 aliphatic carbocycles. The van der Waals surface area contributed by atoms with Crippen LogP contribution in [0.5, 0.6) is 0 Å². The van der Waals surface area contributed by atoms with Crippen molar-refractivity contribution in [1.82, 2.24) is 0 Å². The Kier molecular flexibility index (Phi) is 20.2. The van der Waals surface area contributed by atoms with Crippen molar-refractivity contribution in [2.24, 2.45) is 0 Å². The second-order valence-electron chi connectivity index (χ2n) is 0.0583. The minimum Gasteiger partial charge on any atom is -0.199 e. The summed E-state index contributed by atoms with van der Waals surface area (Å²) >= 11 is 6.83. The second kappa shape index (κ2) is 8.82. The van der Waals surface area contributed by atoms with Gasteiger partial charge in [-0.3, -0.25) is 0 Å². The maximum absolute atomic E-state index is 4.42. The Balaban J connectivity index is 0. The Morgan fingerprint density at radius 1 is 1.75 bits per heavy atom. The van der Waals surface area contributed by atoms with Crippen molar-refractivity contribution in [3.63, 3.8) is 0 Å². The Morgan fingerprint density at radius 2 is 1.75 bits per heavy atom. The van der Waals surface area contributed by atoms with Crippen LogP contribution in [0.4, 0.5) is 0 Å². The van der Waals surface area contributed by atoms with E-state index in [4.69, 9.17) is 0 Å². The van der Waals surface area contributed by atoms with E-state index in [1.807, 2.05) is 0 Å². The van der Waals surface area contributed by atoms with Crippen LogP contribution in [0.25, 0.3) is 0 Å². The van der Waals surface area contributed by atoms with Gasteiger partial charge in [-0.25, -0.2) is 0 Å². The predicted octanol–water partition coefficient (Wildman–Crippen LogP) is 1.09. The first kappa shape index (κ1) is 9.15. The summed E-state index contributed by atoms with van der Waals surface area (Å²) in [6.07, 6.45) is 0. The van der Waals surface area contributed by atoms with Crippen LogP contribution in [0.1, 0.15) is 0 Å². The topological polar surface area (TPSA) is 9.23 Å². The molecule has 4 heavy (non-hydrogen) atoms. The predicted molar refractivity (Wildman–Crippen MR) is 21.6 cm³/mol. The molecule has 0 aromatic carbocycles. The smallest absolute Gasteiger partial charge is 0.124 e. The molecule has 0 fully saturated rings. The third kappa shape index (κ3) is 9.48. The van der Waals surface area contributed by atoms with Crippen molar-refractivity contribution in [2.75, 3.05) is 0 Å². The van der Waals surface area contributed by atoms with Gasteiger partial charge < -0.3 is 0 Å². The largest absolute Gasteiger partial charge is 0.199 e. The molecule has 25 valence electrons. The molecule has 0 rings (SSSR count). The Morgan fingerprint density at radius 3 is 1.75 bits per heavy atom. The monoisotopic (exact) mass is 339 g/mol. The number of rotatable bonds is 0. The molecule has 0 unspecified atom stereocenters. The van der Waals surface area contributed by atoms with Crippen LogP contribution in [0.15, 0.2) is 0 Å². The molecule has 0 saturated heterocycles. The van der Waals surface area contributed by atoms with E-state index in [1.165, 1.54) is 0 Å². The first-order chi connectivity index (χ1) is 1.41. The van der Waals surface area contributed by atoms with Gasteiger partial charge in [0, 0.05) is 26.2 Å². The van der Waals surface area contributed by atoms with Crippen LogP contribution in [0.2, 0.25) is 0 Å². The third-order valence-corrected chi connectivity index (χ3v) is 0. The Labute approximate surface area is 57.4 Å². The van der Waals surface area contributed by atoms with Crippen LogP contribution in [-0.2, 0) is 3.38 Å². The molecule has 0 amide bonds. The normalized spacial score (nSPS) is 4.50. The van der Waals surface area contributed by atoms with E-state index in [-0.39, 0.29) is 26.2 Å². The van der Waals surface area contributed by atoms with E-state index < -0.39 is 0 Å². The molecule has 0 spiro atoms. The van der Waals surface area contributed by atoms with Crippen molar-refractivity contribution in [3.05, 3.63) is 0 Å². The molecule has 3 radical (unpaired) electrons. The van der Waals surface area contributed by atoms with Gasteiger partial charge in [-0.2, -0.15) is 3.38 Å². The van der Waals surface area contributed by atoms with Gasteiger partial charge in [-0.05, 0) is 0 Å². The third-order valence-electron chi connectivity index (χ3n) is 0. The molecular formula is BiBrClO. The van der Waals surface area contributed by atoms with Gasteiger partial charge in [0.25, 0.3) is 0 Å². The summed E-state index contributed by atoms with van der Waals surface area (Å²) in [6, 6.07) is 0. The van der Waals surface area contributed by atoms with E-state index in [0.29, 0.717) is 0 Å².